The minimum absolute atomic E-state index is 0.0446. The maximum atomic E-state index is 11.7. The van der Waals surface area contributed by atoms with E-state index >= 15 is 0 Å². The Bertz CT molecular complexity index is 620. The van der Waals surface area contributed by atoms with Crippen molar-refractivity contribution in [1.82, 2.24) is 4.57 Å². The fraction of sp³-hybridized carbons (Fsp3) is 0.167. The zero-order chi connectivity index (χ0) is 12.4. The van der Waals surface area contributed by atoms with E-state index in [-0.39, 0.29) is 12.1 Å². The summed E-state index contributed by atoms with van der Waals surface area (Å²) in [7, 11) is 0. The van der Waals surface area contributed by atoms with Crippen LogP contribution < -0.4 is 5.56 Å². The quantitative estimate of drug-likeness (QED) is 0.845. The minimum Gasteiger partial charge on any atom is -0.480 e. The first-order chi connectivity index (χ1) is 8.09. The normalized spacial score (nSPS) is 12.5. The van der Waals surface area contributed by atoms with Gasteiger partial charge >= 0.3 is 5.97 Å². The van der Waals surface area contributed by atoms with E-state index < -0.39 is 11.3 Å². The number of hydrogen-bond donors (Lipinski definition) is 1. The molecular weight excluding hydrogens is 242 g/mol. The van der Waals surface area contributed by atoms with Crippen molar-refractivity contribution < 1.29 is 9.90 Å². The molecule has 0 saturated heterocycles. The predicted molar refractivity (Wildman–Crippen MR) is 65.5 cm³/mol. The molecule has 0 fully saturated rings. The Hall–Kier alpha value is -1.81. The van der Waals surface area contributed by atoms with Crippen LogP contribution in [0.5, 0.6) is 0 Å². The van der Waals surface area contributed by atoms with E-state index in [1.54, 1.807) is 18.2 Å². The molecule has 1 aromatic carbocycles. The Morgan fingerprint density at radius 1 is 1.29 bits per heavy atom. The van der Waals surface area contributed by atoms with E-state index in [1.165, 1.54) is 10.6 Å². The molecule has 1 aromatic heterocycles. The number of aromatic nitrogens is 1. The molecule has 0 spiro atoms. The molecule has 0 aliphatic heterocycles. The van der Waals surface area contributed by atoms with Crippen LogP contribution in [0.3, 0.4) is 0 Å². The van der Waals surface area contributed by atoms with Gasteiger partial charge in [-0.2, -0.15) is 0 Å². The van der Waals surface area contributed by atoms with Gasteiger partial charge in [-0.1, -0.05) is 18.2 Å². The van der Waals surface area contributed by atoms with Crippen molar-refractivity contribution >= 4 is 28.5 Å². The maximum absolute atomic E-state index is 11.7. The van der Waals surface area contributed by atoms with Crippen molar-refractivity contribution in [3.05, 3.63) is 46.8 Å². The summed E-state index contributed by atoms with van der Waals surface area (Å²) in [6.45, 7) is -0.0446. The number of benzene rings is 1. The third-order valence-electron chi connectivity index (χ3n) is 2.51. The molecule has 88 valence electrons. The van der Waals surface area contributed by atoms with E-state index in [1.807, 2.05) is 12.1 Å². The van der Waals surface area contributed by atoms with Crippen LogP contribution in [0, 0.1) is 0 Å². The molecule has 4 nitrogen and oxygen atoms in total. The second-order valence-electron chi connectivity index (χ2n) is 3.65. The summed E-state index contributed by atoms with van der Waals surface area (Å²) in [5.74, 6) is -1.13. The second kappa shape index (κ2) is 4.59. The van der Waals surface area contributed by atoms with Crippen LogP contribution in [-0.2, 0) is 11.3 Å². The average molecular weight is 252 g/mol. The Labute approximate surface area is 102 Å². The highest BCUT2D eigenvalue weighted by atomic mass is 35.5. The van der Waals surface area contributed by atoms with Crippen molar-refractivity contribution in [2.45, 2.75) is 11.9 Å². The van der Waals surface area contributed by atoms with Crippen molar-refractivity contribution in [1.29, 1.82) is 0 Å². The minimum atomic E-state index is -1.13. The number of hydrogen-bond acceptors (Lipinski definition) is 2. The van der Waals surface area contributed by atoms with Gasteiger partial charge in [-0.3, -0.25) is 9.59 Å². The fourth-order valence-corrected chi connectivity index (χ4v) is 1.81. The van der Waals surface area contributed by atoms with Gasteiger partial charge in [0.2, 0.25) is 0 Å². The largest absolute Gasteiger partial charge is 0.480 e. The van der Waals surface area contributed by atoms with Crippen LogP contribution in [-0.4, -0.2) is 21.0 Å². The fourth-order valence-electron chi connectivity index (χ4n) is 1.67. The topological polar surface area (TPSA) is 59.3 Å². The molecule has 17 heavy (non-hydrogen) atoms. The van der Waals surface area contributed by atoms with Crippen molar-refractivity contribution in [2.24, 2.45) is 0 Å². The lowest BCUT2D eigenvalue weighted by molar-refractivity contribution is -0.136. The van der Waals surface area contributed by atoms with Crippen LogP contribution in [0.15, 0.2) is 41.2 Å². The lowest BCUT2D eigenvalue weighted by atomic mass is 10.2. The number of pyridine rings is 1. The van der Waals surface area contributed by atoms with Crippen LogP contribution in [0.1, 0.15) is 0 Å². The molecule has 0 aliphatic rings. The Morgan fingerprint density at radius 2 is 2.00 bits per heavy atom. The lowest BCUT2D eigenvalue weighted by Gasteiger charge is -2.11. The average Bonchev–Trinajstić information content (AvgIpc) is 2.32. The zero-order valence-electron chi connectivity index (χ0n) is 8.84. The number of fused-ring (bicyclic) bond motifs is 1. The summed E-state index contributed by atoms with van der Waals surface area (Å²) in [4.78, 5) is 22.4. The van der Waals surface area contributed by atoms with Crippen LogP contribution >= 0.6 is 11.6 Å². The molecule has 1 heterocycles. The number of aliphatic carboxylic acids is 1. The zero-order valence-corrected chi connectivity index (χ0v) is 9.59. The Kier molecular flexibility index (Phi) is 3.15. The number of alkyl halides is 1. The van der Waals surface area contributed by atoms with Crippen molar-refractivity contribution in [2.75, 3.05) is 0 Å². The molecule has 2 rings (SSSR count). The van der Waals surface area contributed by atoms with Gasteiger partial charge in [-0.25, -0.2) is 0 Å². The molecule has 0 amide bonds. The molecule has 1 unspecified atom stereocenters. The van der Waals surface area contributed by atoms with E-state index in [0.29, 0.717) is 5.52 Å². The monoisotopic (exact) mass is 251 g/mol. The van der Waals surface area contributed by atoms with E-state index in [4.69, 9.17) is 16.7 Å². The summed E-state index contributed by atoms with van der Waals surface area (Å²) >= 11 is 5.66. The van der Waals surface area contributed by atoms with Gasteiger partial charge in [0.15, 0.2) is 0 Å². The number of halogens is 1. The standard InChI is InChI=1S/C12H10ClNO3/c13-9(12(16)17)7-14-10-4-2-1-3-8(10)5-6-11(14)15/h1-6,9H,7H2,(H,16,17). The van der Waals surface area contributed by atoms with E-state index in [2.05, 4.69) is 0 Å². The number of carbonyl (C=O) groups is 1. The van der Waals surface area contributed by atoms with Crippen molar-refractivity contribution in [3.8, 4) is 0 Å². The molecule has 1 atom stereocenters. The molecule has 5 heteroatoms. The highest BCUT2D eigenvalue weighted by Gasteiger charge is 2.15. The number of carboxylic acid groups (broad SMARTS) is 1. The number of nitrogens with zero attached hydrogens (tertiary/aromatic N) is 1. The maximum Gasteiger partial charge on any atom is 0.323 e. The SMILES string of the molecule is O=C(O)C(Cl)Cn1c(=O)ccc2ccccc21. The predicted octanol–water partition coefficient (Wildman–Crippen LogP) is 1.69. The molecule has 2 aromatic rings. The van der Waals surface area contributed by atoms with E-state index in [9.17, 15) is 9.59 Å². The summed E-state index contributed by atoms with van der Waals surface area (Å²) < 4.78 is 1.38. The Morgan fingerprint density at radius 3 is 2.71 bits per heavy atom. The van der Waals surface area contributed by atoms with Crippen LogP contribution in [0.4, 0.5) is 0 Å². The smallest absolute Gasteiger partial charge is 0.323 e. The molecule has 0 bridgehead atoms. The van der Waals surface area contributed by atoms with Gasteiger partial charge in [0.05, 0.1) is 12.1 Å². The van der Waals surface area contributed by atoms with Gasteiger partial charge in [-0.15, -0.1) is 11.6 Å². The van der Waals surface area contributed by atoms with Crippen molar-refractivity contribution in [3.63, 3.8) is 0 Å². The first-order valence-electron chi connectivity index (χ1n) is 5.05. The third kappa shape index (κ3) is 2.31. The molecular formula is C12H10ClNO3. The number of para-hydroxylation sites is 1. The summed E-state index contributed by atoms with van der Waals surface area (Å²) in [5, 5.41) is 8.52. The molecule has 0 radical (unpaired) electrons. The number of rotatable bonds is 3. The summed E-state index contributed by atoms with van der Waals surface area (Å²) in [6.07, 6.45) is 0. The van der Waals surface area contributed by atoms with Gasteiger partial charge in [0.1, 0.15) is 5.38 Å². The van der Waals surface area contributed by atoms with Gasteiger partial charge in [0, 0.05) is 6.07 Å². The lowest BCUT2D eigenvalue weighted by Crippen LogP contribution is -2.28. The molecule has 0 aliphatic carbocycles. The summed E-state index contributed by atoms with van der Waals surface area (Å²) in [5.41, 5.74) is 0.433. The van der Waals surface area contributed by atoms with Crippen LogP contribution in [0.2, 0.25) is 0 Å². The van der Waals surface area contributed by atoms with Gasteiger partial charge < -0.3 is 9.67 Å². The third-order valence-corrected chi connectivity index (χ3v) is 2.83. The number of carboxylic acids is 1. The van der Waals surface area contributed by atoms with Crippen LogP contribution in [0.25, 0.3) is 10.9 Å². The van der Waals surface area contributed by atoms with E-state index in [0.717, 1.165) is 5.39 Å². The van der Waals surface area contributed by atoms with Gasteiger partial charge in [-0.05, 0) is 17.5 Å². The first-order valence-corrected chi connectivity index (χ1v) is 5.48. The molecule has 1 N–H and O–H groups in total. The van der Waals surface area contributed by atoms with Gasteiger partial charge in [0.25, 0.3) is 5.56 Å². The first kappa shape index (κ1) is 11.7. The summed E-state index contributed by atoms with van der Waals surface area (Å²) in [6, 6.07) is 10.4. The molecule has 0 saturated carbocycles. The second-order valence-corrected chi connectivity index (χ2v) is 4.17. The highest BCUT2D eigenvalue weighted by molar-refractivity contribution is 6.29. The highest BCUT2D eigenvalue weighted by Crippen LogP contribution is 2.12. The Balaban J connectivity index is 2.55.